The Balaban J connectivity index is 2.59. The number of thiol groups is 1. The molecule has 2 aromatic rings. The number of hydrogen-bond donors (Lipinski definition) is 1. The molecule has 0 aliphatic rings. The quantitative estimate of drug-likeness (QED) is 0.636. The van der Waals surface area contributed by atoms with Gasteiger partial charge in [0, 0.05) is 29.9 Å². The largest absolute Gasteiger partial charge is 0.343 e. The Morgan fingerprint density at radius 2 is 2.06 bits per heavy atom. The smallest absolute Gasteiger partial charge is 0.189 e. The van der Waals surface area contributed by atoms with E-state index in [0.717, 1.165) is 16.5 Å². The van der Waals surface area contributed by atoms with Crippen LogP contribution >= 0.6 is 12.6 Å². The molecule has 2 rings (SSSR count). The molecule has 0 fully saturated rings. The van der Waals surface area contributed by atoms with Crippen molar-refractivity contribution in [3.8, 4) is 0 Å². The van der Waals surface area contributed by atoms with E-state index in [2.05, 4.69) is 19.2 Å². The second kappa shape index (κ2) is 4.58. The number of fused-ring (bicyclic) bond motifs is 1. The highest BCUT2D eigenvalue weighted by atomic mass is 32.1. The van der Waals surface area contributed by atoms with Gasteiger partial charge in [-0.05, 0) is 17.7 Å². The van der Waals surface area contributed by atoms with E-state index in [4.69, 9.17) is 0 Å². The molecule has 0 unspecified atom stereocenters. The van der Waals surface area contributed by atoms with Crippen LogP contribution in [0.5, 0.6) is 0 Å². The van der Waals surface area contributed by atoms with Crippen LogP contribution in [0.2, 0.25) is 0 Å². The topological polar surface area (TPSA) is 22.0 Å². The minimum atomic E-state index is 0.0586. The third kappa shape index (κ3) is 2.04. The first-order valence-corrected chi connectivity index (χ1v) is 5.71. The van der Waals surface area contributed by atoms with E-state index in [1.54, 1.807) is 12.3 Å². The highest BCUT2D eigenvalue weighted by molar-refractivity contribution is 7.80. The van der Waals surface area contributed by atoms with Crippen molar-refractivity contribution in [3.63, 3.8) is 0 Å². The van der Waals surface area contributed by atoms with Crippen molar-refractivity contribution in [1.82, 2.24) is 4.57 Å². The summed E-state index contributed by atoms with van der Waals surface area (Å²) in [6.07, 6.45) is 1.80. The molecule has 0 spiro atoms. The van der Waals surface area contributed by atoms with E-state index in [1.807, 2.05) is 28.8 Å². The lowest BCUT2D eigenvalue weighted by atomic mass is 10.2. The Labute approximate surface area is 99.6 Å². The van der Waals surface area contributed by atoms with Gasteiger partial charge in [-0.1, -0.05) is 18.7 Å². The van der Waals surface area contributed by atoms with Gasteiger partial charge in [0.25, 0.3) is 0 Å². The highest BCUT2D eigenvalue weighted by Gasteiger charge is 2.02. The number of pyridine rings is 1. The minimum absolute atomic E-state index is 0.0586. The van der Waals surface area contributed by atoms with Crippen LogP contribution in [0.25, 0.3) is 10.9 Å². The third-order valence-electron chi connectivity index (χ3n) is 2.50. The molecular formula is C13H13NOS. The summed E-state index contributed by atoms with van der Waals surface area (Å²) in [7, 11) is 0. The Morgan fingerprint density at radius 3 is 2.81 bits per heavy atom. The van der Waals surface area contributed by atoms with Crippen LogP contribution in [0.15, 0.2) is 53.5 Å². The molecule has 0 N–H and O–H groups in total. The van der Waals surface area contributed by atoms with Crippen LogP contribution in [-0.4, -0.2) is 10.3 Å². The number of rotatable bonds is 3. The molecule has 0 bridgehead atoms. The summed E-state index contributed by atoms with van der Waals surface area (Å²) >= 11 is 4.19. The lowest BCUT2D eigenvalue weighted by Gasteiger charge is -2.10. The highest BCUT2D eigenvalue weighted by Crippen LogP contribution is 2.11. The molecule has 0 saturated carbocycles. The van der Waals surface area contributed by atoms with Crippen LogP contribution in [0.1, 0.15) is 0 Å². The normalized spacial score (nSPS) is 10.6. The Hall–Kier alpha value is -1.48. The molecule has 82 valence electrons. The van der Waals surface area contributed by atoms with Crippen LogP contribution in [-0.2, 0) is 6.54 Å². The van der Waals surface area contributed by atoms with Gasteiger partial charge in [-0.3, -0.25) is 4.79 Å². The van der Waals surface area contributed by atoms with Gasteiger partial charge in [0.15, 0.2) is 5.43 Å². The summed E-state index contributed by atoms with van der Waals surface area (Å²) in [5.74, 6) is 0.653. The third-order valence-corrected chi connectivity index (χ3v) is 2.95. The fourth-order valence-corrected chi connectivity index (χ4v) is 1.79. The Kier molecular flexibility index (Phi) is 3.15. The second-order valence-corrected chi connectivity index (χ2v) is 4.05. The van der Waals surface area contributed by atoms with Gasteiger partial charge >= 0.3 is 0 Å². The monoisotopic (exact) mass is 231 g/mol. The molecule has 0 aliphatic heterocycles. The molecule has 2 nitrogen and oxygen atoms in total. The molecule has 0 aliphatic carbocycles. The summed E-state index contributed by atoms with van der Waals surface area (Å²) in [6.45, 7) is 4.62. The number of hydrogen-bond acceptors (Lipinski definition) is 2. The Bertz CT molecular complexity index is 586. The summed E-state index contributed by atoms with van der Waals surface area (Å²) < 4.78 is 2.02. The molecule has 0 radical (unpaired) electrons. The summed E-state index contributed by atoms with van der Waals surface area (Å²) in [5.41, 5.74) is 2.03. The van der Waals surface area contributed by atoms with Gasteiger partial charge in [0.2, 0.25) is 0 Å². The average Bonchev–Trinajstić information content (AvgIpc) is 2.33. The average molecular weight is 231 g/mol. The van der Waals surface area contributed by atoms with Crippen molar-refractivity contribution in [3.05, 3.63) is 58.9 Å². The maximum atomic E-state index is 11.6. The fraction of sp³-hybridized carbons (Fsp3) is 0.154. The van der Waals surface area contributed by atoms with Crippen molar-refractivity contribution >= 4 is 23.5 Å². The lowest BCUT2D eigenvalue weighted by Crippen LogP contribution is -2.09. The van der Waals surface area contributed by atoms with Crippen LogP contribution in [0.3, 0.4) is 0 Å². The van der Waals surface area contributed by atoms with E-state index < -0.39 is 0 Å². The van der Waals surface area contributed by atoms with Gasteiger partial charge in [-0.2, -0.15) is 12.6 Å². The van der Waals surface area contributed by atoms with Crippen molar-refractivity contribution in [2.24, 2.45) is 0 Å². The van der Waals surface area contributed by atoms with Gasteiger partial charge < -0.3 is 4.57 Å². The molecule has 0 atom stereocenters. The van der Waals surface area contributed by atoms with E-state index in [9.17, 15) is 4.79 Å². The maximum Gasteiger partial charge on any atom is 0.189 e. The van der Waals surface area contributed by atoms with Gasteiger partial charge in [0.1, 0.15) is 0 Å². The molecule has 0 amide bonds. The van der Waals surface area contributed by atoms with Crippen molar-refractivity contribution < 1.29 is 0 Å². The van der Waals surface area contributed by atoms with Crippen LogP contribution in [0.4, 0.5) is 0 Å². The maximum absolute atomic E-state index is 11.6. The van der Waals surface area contributed by atoms with Gasteiger partial charge in [0.05, 0.1) is 5.52 Å². The molecule has 1 aromatic heterocycles. The standard InChI is InChI=1S/C13H13NOS/c1-10(9-16)8-14-7-6-13(15)11-4-2-3-5-12(11)14/h2-7,16H,1,8-9H2. The van der Waals surface area contributed by atoms with Gasteiger partial charge in [-0.15, -0.1) is 0 Å². The summed E-state index contributed by atoms with van der Waals surface area (Å²) in [6, 6.07) is 9.19. The number of para-hydroxylation sites is 1. The zero-order chi connectivity index (χ0) is 11.5. The zero-order valence-electron chi connectivity index (χ0n) is 8.89. The predicted octanol–water partition coefficient (Wildman–Crippen LogP) is 2.49. The number of nitrogens with zero attached hydrogens (tertiary/aromatic N) is 1. The van der Waals surface area contributed by atoms with Crippen molar-refractivity contribution in [2.75, 3.05) is 5.75 Å². The summed E-state index contributed by atoms with van der Waals surface area (Å²) in [5, 5.41) is 0.747. The van der Waals surface area contributed by atoms with E-state index >= 15 is 0 Å². The van der Waals surface area contributed by atoms with Crippen LogP contribution < -0.4 is 5.43 Å². The van der Waals surface area contributed by atoms with Gasteiger partial charge in [-0.25, -0.2) is 0 Å². The number of benzene rings is 1. The minimum Gasteiger partial charge on any atom is -0.343 e. The number of aromatic nitrogens is 1. The SMILES string of the molecule is C=C(CS)Cn1ccc(=O)c2ccccc21. The predicted molar refractivity (Wildman–Crippen MR) is 71.2 cm³/mol. The first-order valence-electron chi connectivity index (χ1n) is 5.08. The lowest BCUT2D eigenvalue weighted by molar-refractivity contribution is 0.815. The van der Waals surface area contributed by atoms with Crippen LogP contribution in [0, 0.1) is 0 Å². The zero-order valence-corrected chi connectivity index (χ0v) is 9.78. The molecule has 1 aromatic carbocycles. The molecule has 3 heteroatoms. The van der Waals surface area contributed by atoms with E-state index in [1.165, 1.54) is 0 Å². The van der Waals surface area contributed by atoms with Crippen molar-refractivity contribution in [1.29, 1.82) is 0 Å². The van der Waals surface area contributed by atoms with E-state index in [-0.39, 0.29) is 5.43 Å². The molecule has 16 heavy (non-hydrogen) atoms. The summed E-state index contributed by atoms with van der Waals surface area (Å²) in [4.78, 5) is 11.6. The first-order chi connectivity index (χ1) is 7.72. The first kappa shape index (κ1) is 11.0. The molecular weight excluding hydrogens is 218 g/mol. The second-order valence-electron chi connectivity index (χ2n) is 3.73. The molecule has 0 saturated heterocycles. The molecule has 1 heterocycles. The van der Waals surface area contributed by atoms with Crippen molar-refractivity contribution in [2.45, 2.75) is 6.54 Å². The fourth-order valence-electron chi connectivity index (χ4n) is 1.69. The van der Waals surface area contributed by atoms with E-state index in [0.29, 0.717) is 12.3 Å². The Morgan fingerprint density at radius 1 is 1.31 bits per heavy atom.